The molecule has 16 heteroatoms. The topological polar surface area (TPSA) is 198 Å². The summed E-state index contributed by atoms with van der Waals surface area (Å²) in [5.41, 5.74) is 5.11. The predicted molar refractivity (Wildman–Crippen MR) is 296 cm³/mol. The largest absolute Gasteiger partial charge is 0.347 e. The first-order valence-electron chi connectivity index (χ1n) is 29.2. The van der Waals surface area contributed by atoms with Crippen LogP contribution in [0.15, 0.2) is 72.8 Å². The van der Waals surface area contributed by atoms with Gasteiger partial charge >= 0.3 is 0 Å². The van der Waals surface area contributed by atoms with Crippen LogP contribution in [0, 0.1) is 23.7 Å². The smallest absolute Gasteiger partial charge is 0.251 e. The van der Waals surface area contributed by atoms with Gasteiger partial charge in [-0.25, -0.2) is 0 Å². The minimum absolute atomic E-state index is 0.0192. The van der Waals surface area contributed by atoms with E-state index >= 15 is 0 Å². The third-order valence-electron chi connectivity index (χ3n) is 18.3. The lowest BCUT2D eigenvalue weighted by Gasteiger charge is -2.37. The summed E-state index contributed by atoms with van der Waals surface area (Å²) in [6.07, 6.45) is 11.8. The van der Waals surface area contributed by atoms with Crippen LogP contribution in [-0.2, 0) is 54.7 Å². The second-order valence-electron chi connectivity index (χ2n) is 23.3. The molecule has 418 valence electrons. The number of hydrogen-bond acceptors (Lipinski definition) is 9. The molecule has 4 aliphatic heterocycles. The maximum absolute atomic E-state index is 15.0. The van der Waals surface area contributed by atoms with Gasteiger partial charge in [-0.1, -0.05) is 101 Å². The first-order valence-corrected chi connectivity index (χ1v) is 29.2. The van der Waals surface area contributed by atoms with Crippen LogP contribution in [0.5, 0.6) is 0 Å². The molecule has 3 aromatic rings. The number of amides is 7. The Labute approximate surface area is 460 Å². The minimum Gasteiger partial charge on any atom is -0.347 e. The molecule has 0 radical (unpaired) electrons. The van der Waals surface area contributed by atoms with Gasteiger partial charge < -0.3 is 40.9 Å². The Morgan fingerprint density at radius 2 is 1.03 bits per heavy atom. The molecule has 6 aliphatic rings. The van der Waals surface area contributed by atoms with Crippen molar-refractivity contribution in [2.45, 2.75) is 173 Å². The summed E-state index contributed by atoms with van der Waals surface area (Å²) in [6, 6.07) is 18.4. The van der Waals surface area contributed by atoms with Crippen molar-refractivity contribution in [3.8, 4) is 0 Å². The van der Waals surface area contributed by atoms with E-state index in [0.717, 1.165) is 75.3 Å². The summed E-state index contributed by atoms with van der Waals surface area (Å²) >= 11 is 0. The Bertz CT molecular complexity index is 2500. The van der Waals surface area contributed by atoms with E-state index in [-0.39, 0.29) is 96.6 Å². The van der Waals surface area contributed by atoms with Gasteiger partial charge in [0, 0.05) is 80.7 Å². The van der Waals surface area contributed by atoms with Gasteiger partial charge in [0.05, 0.1) is 6.04 Å². The van der Waals surface area contributed by atoms with Gasteiger partial charge in [-0.3, -0.25) is 38.4 Å². The standard InChI is InChI=1S/C62H82N8O8/c1-5-39(2)56(72)66-55(44-20-10-7-11-21-44)62(78)70-38-50(33-53(70)61(77)68-31-29-42-17-13-15-23-48(42)36-68)65-58(74)46-26-24-45(25-27-46)57(73)64-49-32-52(60(76)67-30-28-41-16-12-14-22-47(41)35-67)69(37-49)59(75)51(34-54(71)40(3)63-4)43-18-8-6-9-19-43/h12-17,22-27,39-40,43-44,49-53,55,63H,5-11,18-21,28-38H2,1-4H3,(H,64,73)(H,65,74)(H,66,72)/t39-,40+,49+,50+,51+,52+,53+,55+/m1/s1. The van der Waals surface area contributed by atoms with Crippen molar-refractivity contribution >= 4 is 47.1 Å². The molecule has 0 unspecified atom stereocenters. The van der Waals surface area contributed by atoms with E-state index in [2.05, 4.69) is 33.4 Å². The number of likely N-dealkylation sites (tertiary alicyclic amines) is 2. The Kier molecular flexibility index (Phi) is 18.5. The number of nitrogens with one attached hydrogen (secondary N) is 4. The van der Waals surface area contributed by atoms with Crippen molar-refractivity contribution in [1.82, 2.24) is 40.9 Å². The van der Waals surface area contributed by atoms with Crippen LogP contribution in [0.25, 0.3) is 0 Å². The molecule has 4 fully saturated rings. The first-order chi connectivity index (χ1) is 37.7. The highest BCUT2D eigenvalue weighted by Gasteiger charge is 2.48. The van der Waals surface area contributed by atoms with E-state index in [1.807, 2.05) is 60.0 Å². The van der Waals surface area contributed by atoms with Gasteiger partial charge in [-0.2, -0.15) is 0 Å². The number of carbonyl (C=O) groups excluding carboxylic acids is 8. The van der Waals surface area contributed by atoms with Gasteiger partial charge in [-0.05, 0) is 130 Å². The van der Waals surface area contributed by atoms with Gasteiger partial charge in [-0.15, -0.1) is 0 Å². The number of rotatable bonds is 17. The Balaban J connectivity index is 0.895. The Morgan fingerprint density at radius 3 is 1.49 bits per heavy atom. The fraction of sp³-hybridized carbons (Fsp3) is 0.581. The number of carbonyl (C=O) groups is 8. The minimum atomic E-state index is -0.846. The van der Waals surface area contributed by atoms with Crippen molar-refractivity contribution in [3.63, 3.8) is 0 Å². The number of hydrogen-bond donors (Lipinski definition) is 4. The van der Waals surface area contributed by atoms with Crippen LogP contribution < -0.4 is 21.3 Å². The highest BCUT2D eigenvalue weighted by atomic mass is 16.2. The Hall–Kier alpha value is -6.42. The zero-order valence-electron chi connectivity index (χ0n) is 46.3. The van der Waals surface area contributed by atoms with Crippen LogP contribution >= 0.6 is 0 Å². The zero-order valence-corrected chi connectivity index (χ0v) is 46.3. The number of Topliss-reactive ketones (excluding diaryl/α,β-unsaturated/α-hetero) is 1. The van der Waals surface area contributed by atoms with Crippen LogP contribution in [0.2, 0.25) is 0 Å². The fourth-order valence-electron chi connectivity index (χ4n) is 13.2. The molecule has 0 aromatic heterocycles. The second-order valence-corrected chi connectivity index (χ2v) is 23.3. The lowest BCUT2D eigenvalue weighted by molar-refractivity contribution is -0.149. The van der Waals surface area contributed by atoms with E-state index in [0.29, 0.717) is 45.4 Å². The summed E-state index contributed by atoms with van der Waals surface area (Å²) in [6.45, 7) is 7.68. The lowest BCUT2D eigenvalue weighted by atomic mass is 9.76. The maximum Gasteiger partial charge on any atom is 0.251 e. The molecule has 0 bridgehead atoms. The van der Waals surface area contributed by atoms with E-state index in [4.69, 9.17) is 0 Å². The van der Waals surface area contributed by atoms with Crippen molar-refractivity contribution in [3.05, 3.63) is 106 Å². The molecule has 2 saturated carbocycles. The SMILES string of the molecule is CC[C@@H](C)C(=O)N[C@H](C(=O)N1C[C@@H](NC(=O)c2ccc(C(=O)N[C@H]3C[C@@H](C(=O)N4CCc5ccccc5C4)N(C(=O)[C@@H](CC(=O)[C@H](C)NC)C4CCCCC4)C3)cc2)C[C@H]1C(=O)N1CCc2ccccc2C1)C1CCCCC1. The van der Waals surface area contributed by atoms with Crippen molar-refractivity contribution in [2.75, 3.05) is 33.2 Å². The molecule has 3 aromatic carbocycles. The monoisotopic (exact) mass is 1070 g/mol. The first kappa shape index (κ1) is 56.3. The van der Waals surface area contributed by atoms with Crippen molar-refractivity contribution in [1.29, 1.82) is 0 Å². The summed E-state index contributed by atoms with van der Waals surface area (Å²) in [5, 5.41) is 12.4. The van der Waals surface area contributed by atoms with E-state index in [9.17, 15) is 38.4 Å². The number of nitrogens with zero attached hydrogens (tertiary/aromatic N) is 4. The Morgan fingerprint density at radius 1 is 0.577 bits per heavy atom. The lowest BCUT2D eigenvalue weighted by Crippen LogP contribution is -2.57. The molecule has 8 atom stereocenters. The highest BCUT2D eigenvalue weighted by molar-refractivity contribution is 5.99. The highest BCUT2D eigenvalue weighted by Crippen LogP contribution is 2.37. The molecule has 4 heterocycles. The molecule has 16 nitrogen and oxygen atoms in total. The maximum atomic E-state index is 15.0. The van der Waals surface area contributed by atoms with Crippen molar-refractivity contribution in [2.24, 2.45) is 23.7 Å². The average molecular weight is 1070 g/mol. The van der Waals surface area contributed by atoms with Crippen molar-refractivity contribution < 1.29 is 38.4 Å². The average Bonchev–Trinajstić information content (AvgIpc) is 4.25. The van der Waals surface area contributed by atoms with Gasteiger partial charge in [0.2, 0.25) is 29.5 Å². The second kappa shape index (κ2) is 25.6. The fourth-order valence-corrected chi connectivity index (χ4v) is 13.2. The van der Waals surface area contributed by atoms with Gasteiger partial charge in [0.1, 0.15) is 23.9 Å². The van der Waals surface area contributed by atoms with Gasteiger partial charge in [0.25, 0.3) is 11.8 Å². The van der Waals surface area contributed by atoms with Crippen LogP contribution in [0.4, 0.5) is 0 Å². The van der Waals surface area contributed by atoms with E-state index < -0.39 is 54.0 Å². The molecule has 0 spiro atoms. The predicted octanol–water partition coefficient (Wildman–Crippen LogP) is 6.13. The third-order valence-corrected chi connectivity index (χ3v) is 18.3. The van der Waals surface area contributed by atoms with E-state index in [1.165, 1.54) is 11.1 Å². The van der Waals surface area contributed by atoms with E-state index in [1.54, 1.807) is 48.0 Å². The van der Waals surface area contributed by atoms with Crippen LogP contribution in [-0.4, -0.2) is 136 Å². The number of fused-ring (bicyclic) bond motifs is 2. The quantitative estimate of drug-likeness (QED) is 0.123. The summed E-state index contributed by atoms with van der Waals surface area (Å²) in [5.74, 6) is -2.80. The van der Waals surface area contributed by atoms with Gasteiger partial charge in [0.15, 0.2) is 0 Å². The molecule has 4 N–H and O–H groups in total. The molecular formula is C62H82N8O8. The number of benzene rings is 3. The number of likely N-dealkylation sites (N-methyl/N-ethyl adjacent to an activating group) is 1. The summed E-state index contributed by atoms with van der Waals surface area (Å²) in [4.78, 5) is 121. The van der Waals surface area contributed by atoms with Crippen LogP contribution in [0.3, 0.4) is 0 Å². The summed E-state index contributed by atoms with van der Waals surface area (Å²) < 4.78 is 0. The normalized spacial score (nSPS) is 23.3. The number of ketones is 1. The molecule has 78 heavy (non-hydrogen) atoms. The zero-order chi connectivity index (χ0) is 55.0. The third kappa shape index (κ3) is 12.9. The molecule has 2 saturated heterocycles. The molecular weight excluding hydrogens is 985 g/mol. The molecule has 7 amide bonds. The molecule has 9 rings (SSSR count). The summed E-state index contributed by atoms with van der Waals surface area (Å²) in [7, 11) is 1.73. The molecule has 2 aliphatic carbocycles. The van der Waals surface area contributed by atoms with Crippen LogP contribution in [0.1, 0.15) is 154 Å².